The molecule has 0 saturated heterocycles. The van der Waals surface area contributed by atoms with Crippen molar-refractivity contribution in [2.45, 2.75) is 41.0 Å². The lowest BCUT2D eigenvalue weighted by Gasteiger charge is -2.26. The third kappa shape index (κ3) is 4.35. The fraction of sp³-hybridized carbons (Fsp3) is 0.667. The minimum Gasteiger partial charge on any atom is -0.512 e. The monoisotopic (exact) mass is 198 g/mol. The Balaban J connectivity index is 4.54. The first-order chi connectivity index (χ1) is 6.29. The van der Waals surface area contributed by atoms with Gasteiger partial charge in [0.25, 0.3) is 0 Å². The van der Waals surface area contributed by atoms with Crippen molar-refractivity contribution in [1.29, 1.82) is 0 Å². The van der Waals surface area contributed by atoms with Crippen molar-refractivity contribution >= 4 is 0 Å². The smallest absolute Gasteiger partial charge is 0.0957 e. The number of aliphatic hydroxyl groups excluding tert-OH is 2. The van der Waals surface area contributed by atoms with Gasteiger partial charge in [-0.3, -0.25) is 0 Å². The van der Waals surface area contributed by atoms with E-state index in [4.69, 9.17) is 0 Å². The van der Waals surface area contributed by atoms with Gasteiger partial charge in [0.1, 0.15) is 0 Å². The highest BCUT2D eigenvalue weighted by molar-refractivity contribution is 5.12. The average molecular weight is 198 g/mol. The van der Waals surface area contributed by atoms with Crippen LogP contribution in [0.5, 0.6) is 0 Å². The van der Waals surface area contributed by atoms with E-state index in [2.05, 4.69) is 20.8 Å². The molecule has 0 rings (SSSR count). The van der Waals surface area contributed by atoms with E-state index in [0.717, 1.165) is 0 Å². The van der Waals surface area contributed by atoms with Gasteiger partial charge in [0.15, 0.2) is 0 Å². The second-order valence-electron chi connectivity index (χ2n) is 4.69. The molecule has 14 heavy (non-hydrogen) atoms. The molecule has 2 heteroatoms. The van der Waals surface area contributed by atoms with Gasteiger partial charge in [0.05, 0.1) is 11.5 Å². The highest BCUT2D eigenvalue weighted by Crippen LogP contribution is 2.30. The van der Waals surface area contributed by atoms with Crippen molar-refractivity contribution in [3.8, 4) is 0 Å². The largest absolute Gasteiger partial charge is 0.512 e. The Labute approximate surface area is 87.0 Å². The SMILES string of the molecule is CCC(O)=CC=C(O)C(C)C(C)(C)C. The number of allylic oxidation sites excluding steroid dienone is 4. The van der Waals surface area contributed by atoms with Gasteiger partial charge in [-0.05, 0) is 17.6 Å². The molecule has 0 aromatic rings. The second kappa shape index (κ2) is 5.08. The zero-order valence-electron chi connectivity index (χ0n) is 9.83. The first-order valence-corrected chi connectivity index (χ1v) is 5.07. The molecule has 0 aliphatic heterocycles. The van der Waals surface area contributed by atoms with E-state index in [9.17, 15) is 10.2 Å². The molecule has 0 bridgehead atoms. The first-order valence-electron chi connectivity index (χ1n) is 5.07. The second-order valence-corrected chi connectivity index (χ2v) is 4.69. The molecule has 0 heterocycles. The van der Waals surface area contributed by atoms with Gasteiger partial charge in [-0.2, -0.15) is 0 Å². The standard InChI is InChI=1S/C12H22O2/c1-6-10(13)7-8-11(14)9(2)12(3,4)5/h7-9,13-14H,6H2,1-5H3. The Kier molecular flexibility index (Phi) is 4.75. The number of aliphatic hydroxyl groups is 2. The summed E-state index contributed by atoms with van der Waals surface area (Å²) in [4.78, 5) is 0. The van der Waals surface area contributed by atoms with Gasteiger partial charge in [-0.1, -0.05) is 34.6 Å². The van der Waals surface area contributed by atoms with E-state index in [0.29, 0.717) is 12.2 Å². The van der Waals surface area contributed by atoms with E-state index in [1.807, 2.05) is 13.8 Å². The summed E-state index contributed by atoms with van der Waals surface area (Å²) in [5.74, 6) is 0.693. The van der Waals surface area contributed by atoms with E-state index >= 15 is 0 Å². The van der Waals surface area contributed by atoms with Crippen LogP contribution in [0.15, 0.2) is 23.7 Å². The summed E-state index contributed by atoms with van der Waals surface area (Å²) in [6, 6.07) is 0. The van der Waals surface area contributed by atoms with Gasteiger partial charge in [0.2, 0.25) is 0 Å². The molecule has 0 fully saturated rings. The predicted octanol–water partition coefficient (Wildman–Crippen LogP) is 3.96. The molecular formula is C12H22O2. The molecule has 82 valence electrons. The lowest BCUT2D eigenvalue weighted by molar-refractivity contribution is 0.217. The van der Waals surface area contributed by atoms with Crippen molar-refractivity contribution in [2.75, 3.05) is 0 Å². The molecular weight excluding hydrogens is 176 g/mol. The van der Waals surface area contributed by atoms with Gasteiger partial charge in [-0.15, -0.1) is 0 Å². The Bertz CT molecular complexity index is 231. The molecule has 0 radical (unpaired) electrons. The summed E-state index contributed by atoms with van der Waals surface area (Å²) >= 11 is 0. The maximum absolute atomic E-state index is 9.70. The highest BCUT2D eigenvalue weighted by atomic mass is 16.3. The van der Waals surface area contributed by atoms with Crippen LogP contribution in [-0.4, -0.2) is 10.2 Å². The quantitative estimate of drug-likeness (QED) is 0.532. The van der Waals surface area contributed by atoms with Gasteiger partial charge in [-0.25, -0.2) is 0 Å². The van der Waals surface area contributed by atoms with Crippen LogP contribution in [0, 0.1) is 11.3 Å². The molecule has 0 aliphatic carbocycles. The van der Waals surface area contributed by atoms with Crippen molar-refractivity contribution in [2.24, 2.45) is 11.3 Å². The van der Waals surface area contributed by atoms with Crippen LogP contribution in [0.3, 0.4) is 0 Å². The summed E-state index contributed by atoms with van der Waals surface area (Å²) in [5, 5.41) is 18.9. The number of hydrogen-bond acceptors (Lipinski definition) is 2. The van der Waals surface area contributed by atoms with Crippen LogP contribution in [0.2, 0.25) is 0 Å². The van der Waals surface area contributed by atoms with E-state index in [1.54, 1.807) is 12.2 Å². The van der Waals surface area contributed by atoms with Crippen LogP contribution in [-0.2, 0) is 0 Å². The molecule has 0 amide bonds. The lowest BCUT2D eigenvalue weighted by atomic mass is 9.81. The number of rotatable bonds is 3. The molecule has 0 aromatic heterocycles. The fourth-order valence-electron chi connectivity index (χ4n) is 0.887. The Hall–Kier alpha value is -0.920. The van der Waals surface area contributed by atoms with Crippen LogP contribution >= 0.6 is 0 Å². The average Bonchev–Trinajstić information content (AvgIpc) is 2.10. The molecule has 0 aliphatic rings. The molecule has 0 aromatic carbocycles. The zero-order chi connectivity index (χ0) is 11.4. The van der Waals surface area contributed by atoms with Crippen molar-refractivity contribution < 1.29 is 10.2 Å². The molecule has 1 unspecified atom stereocenters. The first kappa shape index (κ1) is 13.1. The Morgan fingerprint density at radius 3 is 2.07 bits per heavy atom. The van der Waals surface area contributed by atoms with E-state index < -0.39 is 0 Å². The maximum Gasteiger partial charge on any atom is 0.0957 e. The predicted molar refractivity (Wildman–Crippen MR) is 60.3 cm³/mol. The van der Waals surface area contributed by atoms with Crippen LogP contribution < -0.4 is 0 Å². The Morgan fingerprint density at radius 1 is 1.21 bits per heavy atom. The molecule has 0 spiro atoms. The summed E-state index contributed by atoms with van der Waals surface area (Å²) in [6.07, 6.45) is 3.72. The van der Waals surface area contributed by atoms with Crippen molar-refractivity contribution in [3.63, 3.8) is 0 Å². The summed E-state index contributed by atoms with van der Waals surface area (Å²) in [6.45, 7) is 10.1. The van der Waals surface area contributed by atoms with Gasteiger partial charge < -0.3 is 10.2 Å². The highest BCUT2D eigenvalue weighted by Gasteiger charge is 2.22. The number of hydrogen-bond donors (Lipinski definition) is 2. The third-order valence-corrected chi connectivity index (χ3v) is 2.55. The molecule has 1 atom stereocenters. The maximum atomic E-state index is 9.70. The molecule has 0 saturated carbocycles. The summed E-state index contributed by atoms with van der Waals surface area (Å²) in [7, 11) is 0. The normalized spacial score (nSPS) is 16.9. The van der Waals surface area contributed by atoms with Crippen molar-refractivity contribution in [1.82, 2.24) is 0 Å². The Morgan fingerprint density at radius 2 is 1.71 bits per heavy atom. The molecule has 2 nitrogen and oxygen atoms in total. The minimum absolute atomic E-state index is 0.0380. The summed E-state index contributed by atoms with van der Waals surface area (Å²) in [5.41, 5.74) is 0.0380. The van der Waals surface area contributed by atoms with Crippen LogP contribution in [0.25, 0.3) is 0 Å². The van der Waals surface area contributed by atoms with E-state index in [-0.39, 0.29) is 17.1 Å². The van der Waals surface area contributed by atoms with Crippen LogP contribution in [0.1, 0.15) is 41.0 Å². The van der Waals surface area contributed by atoms with E-state index in [1.165, 1.54) is 0 Å². The third-order valence-electron chi connectivity index (χ3n) is 2.55. The molecule has 2 N–H and O–H groups in total. The fourth-order valence-corrected chi connectivity index (χ4v) is 0.887. The minimum atomic E-state index is 0.0380. The van der Waals surface area contributed by atoms with Gasteiger partial charge in [0, 0.05) is 12.3 Å². The van der Waals surface area contributed by atoms with Crippen molar-refractivity contribution in [3.05, 3.63) is 23.7 Å². The summed E-state index contributed by atoms with van der Waals surface area (Å²) < 4.78 is 0. The zero-order valence-corrected chi connectivity index (χ0v) is 9.83. The topological polar surface area (TPSA) is 40.5 Å². The lowest BCUT2D eigenvalue weighted by Crippen LogP contribution is -2.19. The van der Waals surface area contributed by atoms with Crippen LogP contribution in [0.4, 0.5) is 0 Å². The van der Waals surface area contributed by atoms with Gasteiger partial charge >= 0.3 is 0 Å².